The summed E-state index contributed by atoms with van der Waals surface area (Å²) in [6.45, 7) is 4.22. The highest BCUT2D eigenvalue weighted by Crippen LogP contribution is 2.30. The van der Waals surface area contributed by atoms with E-state index < -0.39 is 4.92 Å². The van der Waals surface area contributed by atoms with E-state index in [-0.39, 0.29) is 5.69 Å². The van der Waals surface area contributed by atoms with Crippen LogP contribution in [0.15, 0.2) is 53.9 Å². The minimum Gasteiger partial charge on any atom is -0.302 e. The lowest BCUT2D eigenvalue weighted by molar-refractivity contribution is -0.384. The van der Waals surface area contributed by atoms with Gasteiger partial charge < -0.3 is 4.90 Å². The summed E-state index contributed by atoms with van der Waals surface area (Å²) in [4.78, 5) is 17.4. The molecule has 5 nitrogen and oxygen atoms in total. The molecule has 0 aliphatic heterocycles. The van der Waals surface area contributed by atoms with E-state index in [0.29, 0.717) is 0 Å². The fourth-order valence-corrected chi connectivity index (χ4v) is 3.65. The molecule has 134 valence electrons. The summed E-state index contributed by atoms with van der Waals surface area (Å²) in [6, 6.07) is 15.0. The summed E-state index contributed by atoms with van der Waals surface area (Å²) in [7, 11) is 2.13. The fourth-order valence-electron chi connectivity index (χ4n) is 2.82. The Morgan fingerprint density at radius 2 is 1.73 bits per heavy atom. The van der Waals surface area contributed by atoms with Crippen molar-refractivity contribution in [2.75, 3.05) is 13.6 Å². The summed E-state index contributed by atoms with van der Waals surface area (Å²) in [6.07, 6.45) is 1.15. The highest BCUT2D eigenvalue weighted by molar-refractivity contribution is 7.13. The van der Waals surface area contributed by atoms with Gasteiger partial charge in [0.25, 0.3) is 5.69 Å². The van der Waals surface area contributed by atoms with Crippen molar-refractivity contribution in [2.45, 2.75) is 19.9 Å². The van der Waals surface area contributed by atoms with Gasteiger partial charge in [-0.25, -0.2) is 4.98 Å². The molecule has 0 radical (unpaired) electrons. The van der Waals surface area contributed by atoms with Crippen molar-refractivity contribution in [3.63, 3.8) is 0 Å². The number of aromatic nitrogens is 1. The smallest absolute Gasteiger partial charge is 0.269 e. The van der Waals surface area contributed by atoms with E-state index in [1.54, 1.807) is 23.5 Å². The molecule has 0 N–H and O–H groups in total. The number of hydrogen-bond acceptors (Lipinski definition) is 5. The van der Waals surface area contributed by atoms with Crippen molar-refractivity contribution in [3.05, 3.63) is 69.6 Å². The van der Waals surface area contributed by atoms with Gasteiger partial charge in [0.15, 0.2) is 0 Å². The molecule has 6 heteroatoms. The van der Waals surface area contributed by atoms with Crippen LogP contribution < -0.4 is 0 Å². The lowest BCUT2D eigenvalue weighted by atomic mass is 10.1. The molecule has 0 spiro atoms. The first-order valence-corrected chi connectivity index (χ1v) is 9.43. The number of non-ortho nitro benzene ring substituents is 1. The molecule has 1 heterocycles. The van der Waals surface area contributed by atoms with Crippen LogP contribution in [0.2, 0.25) is 0 Å². The second-order valence-corrected chi connectivity index (χ2v) is 7.13. The molecule has 0 aliphatic rings. The van der Waals surface area contributed by atoms with Crippen molar-refractivity contribution < 1.29 is 4.92 Å². The normalized spacial score (nSPS) is 11.0. The monoisotopic (exact) mass is 367 g/mol. The Morgan fingerprint density at radius 3 is 2.35 bits per heavy atom. The van der Waals surface area contributed by atoms with Gasteiger partial charge in [0.05, 0.1) is 10.6 Å². The molecule has 0 atom stereocenters. The molecule has 2 aromatic carbocycles. The molecule has 0 amide bonds. The van der Waals surface area contributed by atoms with Crippen molar-refractivity contribution in [1.29, 1.82) is 0 Å². The Labute approximate surface area is 157 Å². The summed E-state index contributed by atoms with van der Waals surface area (Å²) in [5.74, 6) is 0. The molecule has 0 saturated carbocycles. The first-order chi connectivity index (χ1) is 12.6. The lowest BCUT2D eigenvalue weighted by Gasteiger charge is -2.15. The maximum Gasteiger partial charge on any atom is 0.269 e. The van der Waals surface area contributed by atoms with Gasteiger partial charge in [0, 0.05) is 35.2 Å². The quantitative estimate of drug-likeness (QED) is 0.424. The van der Waals surface area contributed by atoms with Crippen LogP contribution in [0.3, 0.4) is 0 Å². The van der Waals surface area contributed by atoms with E-state index in [1.807, 2.05) is 5.38 Å². The predicted octanol–water partition coefficient (Wildman–Crippen LogP) is 5.23. The molecular formula is C20H21N3O2S. The zero-order valence-electron chi connectivity index (χ0n) is 14.9. The van der Waals surface area contributed by atoms with Crippen LogP contribution in [0.5, 0.6) is 0 Å². The largest absolute Gasteiger partial charge is 0.302 e. The molecule has 0 unspecified atom stereocenters. The van der Waals surface area contributed by atoms with Gasteiger partial charge in [-0.1, -0.05) is 31.2 Å². The minimum atomic E-state index is -0.392. The number of nitrogens with zero attached hydrogens (tertiary/aromatic N) is 3. The molecular weight excluding hydrogens is 346 g/mol. The van der Waals surface area contributed by atoms with E-state index in [4.69, 9.17) is 0 Å². The summed E-state index contributed by atoms with van der Waals surface area (Å²) in [5, 5.41) is 13.6. The highest BCUT2D eigenvalue weighted by atomic mass is 32.1. The SMILES string of the molecule is CCCN(C)Cc1ccc(-c2csc(-c3ccc([N+](=O)[O-])cc3)n2)cc1. The molecule has 0 bridgehead atoms. The van der Waals surface area contributed by atoms with Gasteiger partial charge >= 0.3 is 0 Å². The van der Waals surface area contributed by atoms with E-state index in [2.05, 4.69) is 48.1 Å². The number of rotatable bonds is 7. The zero-order valence-corrected chi connectivity index (χ0v) is 15.7. The van der Waals surface area contributed by atoms with Crippen molar-refractivity contribution >= 4 is 17.0 Å². The Bertz CT molecular complexity index is 873. The average molecular weight is 367 g/mol. The van der Waals surface area contributed by atoms with Crippen LogP contribution in [0, 0.1) is 10.1 Å². The molecule has 3 rings (SSSR count). The second-order valence-electron chi connectivity index (χ2n) is 6.28. The predicted molar refractivity (Wildman–Crippen MR) is 106 cm³/mol. The number of nitro groups is 1. The molecule has 0 saturated heterocycles. The van der Waals surface area contributed by atoms with Gasteiger partial charge in [-0.05, 0) is 37.7 Å². The standard InChI is InChI=1S/C20H21N3O2S/c1-3-12-22(2)13-15-4-6-16(7-5-15)19-14-26-20(21-19)17-8-10-18(11-9-17)23(24)25/h4-11,14H,3,12-13H2,1-2H3. The minimum absolute atomic E-state index is 0.0918. The first kappa shape index (κ1) is 18.2. The zero-order chi connectivity index (χ0) is 18.5. The number of nitro benzene ring substituents is 1. The third-order valence-corrected chi connectivity index (χ3v) is 5.03. The van der Waals surface area contributed by atoms with E-state index in [9.17, 15) is 10.1 Å². The molecule has 3 aromatic rings. The second kappa shape index (κ2) is 8.21. The maximum atomic E-state index is 10.8. The van der Waals surface area contributed by atoms with Crippen LogP contribution in [0.25, 0.3) is 21.8 Å². The van der Waals surface area contributed by atoms with Crippen LogP contribution in [-0.4, -0.2) is 28.4 Å². The maximum absolute atomic E-state index is 10.8. The van der Waals surface area contributed by atoms with Crippen LogP contribution in [0.1, 0.15) is 18.9 Å². The number of hydrogen-bond donors (Lipinski definition) is 0. The summed E-state index contributed by atoms with van der Waals surface area (Å²) < 4.78 is 0. The Kier molecular flexibility index (Phi) is 5.75. The molecule has 0 fully saturated rings. The number of thiazole rings is 1. The Morgan fingerprint density at radius 1 is 1.08 bits per heavy atom. The van der Waals surface area contributed by atoms with Crippen molar-refractivity contribution in [3.8, 4) is 21.8 Å². The third-order valence-electron chi connectivity index (χ3n) is 4.14. The van der Waals surface area contributed by atoms with Crippen molar-refractivity contribution in [2.24, 2.45) is 0 Å². The van der Waals surface area contributed by atoms with Gasteiger partial charge in [0.1, 0.15) is 5.01 Å². The molecule has 1 aromatic heterocycles. The Balaban J connectivity index is 1.74. The van der Waals surface area contributed by atoms with Gasteiger partial charge in [-0.3, -0.25) is 10.1 Å². The third kappa shape index (κ3) is 4.33. The van der Waals surface area contributed by atoms with Gasteiger partial charge in [-0.2, -0.15) is 0 Å². The van der Waals surface area contributed by atoms with Gasteiger partial charge in [0.2, 0.25) is 0 Å². The fraction of sp³-hybridized carbons (Fsp3) is 0.250. The summed E-state index contributed by atoms with van der Waals surface area (Å²) >= 11 is 1.54. The van der Waals surface area contributed by atoms with Crippen molar-refractivity contribution in [1.82, 2.24) is 9.88 Å². The number of benzene rings is 2. The van der Waals surface area contributed by atoms with E-state index in [1.165, 1.54) is 17.7 Å². The van der Waals surface area contributed by atoms with Crippen LogP contribution in [-0.2, 0) is 6.54 Å². The van der Waals surface area contributed by atoms with E-state index >= 15 is 0 Å². The van der Waals surface area contributed by atoms with Gasteiger partial charge in [-0.15, -0.1) is 11.3 Å². The average Bonchev–Trinajstić information content (AvgIpc) is 3.13. The summed E-state index contributed by atoms with van der Waals surface area (Å²) in [5.41, 5.74) is 4.28. The Hall–Kier alpha value is -2.57. The highest BCUT2D eigenvalue weighted by Gasteiger charge is 2.10. The topological polar surface area (TPSA) is 59.3 Å². The molecule has 26 heavy (non-hydrogen) atoms. The lowest BCUT2D eigenvalue weighted by Crippen LogP contribution is -2.18. The first-order valence-electron chi connectivity index (χ1n) is 8.55. The molecule has 0 aliphatic carbocycles. The van der Waals surface area contributed by atoms with Crippen LogP contribution >= 0.6 is 11.3 Å². The van der Waals surface area contributed by atoms with E-state index in [0.717, 1.165) is 41.3 Å². The van der Waals surface area contributed by atoms with Crippen LogP contribution in [0.4, 0.5) is 5.69 Å².